The standard InChI is InChI=1S/C14H18N6O2S/c1-9(13-17-18-19-20(13)10-4-5-10)16-12(21)6-7-15-14(22)11-3-2-8-23-11/h2-3,8-10H,4-7H2,1H3,(H,15,22)(H,16,21). The molecule has 1 unspecified atom stereocenters. The molecule has 2 aromatic heterocycles. The van der Waals surface area contributed by atoms with E-state index in [0.29, 0.717) is 23.3 Å². The van der Waals surface area contributed by atoms with E-state index in [4.69, 9.17) is 0 Å². The summed E-state index contributed by atoms with van der Waals surface area (Å²) in [6, 6.07) is 3.67. The molecule has 0 aliphatic heterocycles. The van der Waals surface area contributed by atoms with Crippen LogP contribution in [0.4, 0.5) is 0 Å². The number of hydrogen-bond acceptors (Lipinski definition) is 6. The van der Waals surface area contributed by atoms with E-state index in [9.17, 15) is 9.59 Å². The predicted octanol–water partition coefficient (Wildman–Crippen LogP) is 1.07. The van der Waals surface area contributed by atoms with Crippen LogP contribution in [0.25, 0.3) is 0 Å². The normalized spacial score (nSPS) is 15.2. The summed E-state index contributed by atoms with van der Waals surface area (Å²) in [5.74, 6) is 0.372. The first-order valence-corrected chi connectivity index (χ1v) is 8.42. The van der Waals surface area contributed by atoms with Gasteiger partial charge in [-0.3, -0.25) is 9.59 Å². The first-order valence-electron chi connectivity index (χ1n) is 7.54. The van der Waals surface area contributed by atoms with Crippen molar-refractivity contribution in [3.8, 4) is 0 Å². The Hall–Kier alpha value is -2.29. The van der Waals surface area contributed by atoms with Gasteiger partial charge in [0.15, 0.2) is 5.82 Å². The summed E-state index contributed by atoms with van der Waals surface area (Å²) >= 11 is 1.37. The highest BCUT2D eigenvalue weighted by Crippen LogP contribution is 2.35. The Morgan fingerprint density at radius 1 is 1.48 bits per heavy atom. The molecular formula is C14H18N6O2S. The Morgan fingerprint density at radius 2 is 2.30 bits per heavy atom. The van der Waals surface area contributed by atoms with Gasteiger partial charge in [0, 0.05) is 13.0 Å². The summed E-state index contributed by atoms with van der Waals surface area (Å²) in [6.07, 6.45) is 2.37. The van der Waals surface area contributed by atoms with Gasteiger partial charge < -0.3 is 10.6 Å². The smallest absolute Gasteiger partial charge is 0.261 e. The molecule has 122 valence electrons. The Balaban J connectivity index is 1.43. The highest BCUT2D eigenvalue weighted by atomic mass is 32.1. The topological polar surface area (TPSA) is 102 Å². The highest BCUT2D eigenvalue weighted by molar-refractivity contribution is 7.12. The van der Waals surface area contributed by atoms with E-state index in [-0.39, 0.29) is 24.3 Å². The van der Waals surface area contributed by atoms with Crippen LogP contribution in [0.2, 0.25) is 0 Å². The molecule has 8 nitrogen and oxygen atoms in total. The maximum absolute atomic E-state index is 12.0. The van der Waals surface area contributed by atoms with Gasteiger partial charge in [-0.05, 0) is 41.6 Å². The van der Waals surface area contributed by atoms with Gasteiger partial charge in [0.2, 0.25) is 5.91 Å². The number of amides is 2. The number of thiophene rings is 1. The van der Waals surface area contributed by atoms with Crippen LogP contribution in [0.5, 0.6) is 0 Å². The summed E-state index contributed by atoms with van der Waals surface area (Å²) in [5.41, 5.74) is 0. The van der Waals surface area contributed by atoms with Crippen molar-refractivity contribution in [1.82, 2.24) is 30.8 Å². The van der Waals surface area contributed by atoms with Crippen LogP contribution in [0.1, 0.15) is 53.8 Å². The van der Waals surface area contributed by atoms with Crippen molar-refractivity contribution in [2.24, 2.45) is 0 Å². The third kappa shape index (κ3) is 3.92. The van der Waals surface area contributed by atoms with Crippen molar-refractivity contribution in [3.05, 3.63) is 28.2 Å². The molecule has 9 heteroatoms. The molecule has 1 fully saturated rings. The zero-order valence-electron chi connectivity index (χ0n) is 12.7. The van der Waals surface area contributed by atoms with Crippen LogP contribution < -0.4 is 10.6 Å². The number of nitrogens with one attached hydrogen (secondary N) is 2. The number of nitrogens with zero attached hydrogens (tertiary/aromatic N) is 4. The van der Waals surface area contributed by atoms with Gasteiger partial charge in [0.1, 0.15) is 0 Å². The van der Waals surface area contributed by atoms with Crippen molar-refractivity contribution in [2.75, 3.05) is 6.54 Å². The fraction of sp³-hybridized carbons (Fsp3) is 0.500. The molecule has 1 saturated carbocycles. The largest absolute Gasteiger partial charge is 0.351 e. The Bertz CT molecular complexity index is 679. The molecule has 2 N–H and O–H groups in total. The van der Waals surface area contributed by atoms with Gasteiger partial charge in [-0.2, -0.15) is 0 Å². The molecule has 0 saturated heterocycles. The van der Waals surface area contributed by atoms with E-state index in [2.05, 4.69) is 26.2 Å². The van der Waals surface area contributed by atoms with Gasteiger partial charge >= 0.3 is 0 Å². The molecule has 2 amide bonds. The van der Waals surface area contributed by atoms with E-state index < -0.39 is 0 Å². The van der Waals surface area contributed by atoms with E-state index >= 15 is 0 Å². The van der Waals surface area contributed by atoms with Crippen molar-refractivity contribution in [1.29, 1.82) is 0 Å². The SMILES string of the molecule is CC(NC(=O)CCNC(=O)c1cccs1)c1nnnn1C1CC1. The minimum absolute atomic E-state index is 0.144. The van der Waals surface area contributed by atoms with Crippen molar-refractivity contribution in [3.63, 3.8) is 0 Å². The first kappa shape index (κ1) is 15.6. The minimum Gasteiger partial charge on any atom is -0.351 e. The summed E-state index contributed by atoms with van der Waals surface area (Å²) in [5, 5.41) is 19.1. The molecule has 1 atom stereocenters. The van der Waals surface area contributed by atoms with Crippen molar-refractivity contribution in [2.45, 2.75) is 38.3 Å². The molecule has 0 bridgehead atoms. The quantitative estimate of drug-likeness (QED) is 0.788. The van der Waals surface area contributed by atoms with Crippen molar-refractivity contribution < 1.29 is 9.59 Å². The average Bonchev–Trinajstić information content (AvgIpc) is 3.05. The molecule has 3 rings (SSSR count). The lowest BCUT2D eigenvalue weighted by atomic mass is 10.3. The second-order valence-corrected chi connectivity index (χ2v) is 6.43. The molecule has 0 spiro atoms. The lowest BCUT2D eigenvalue weighted by Gasteiger charge is -2.13. The number of carbonyl (C=O) groups excluding carboxylic acids is 2. The summed E-state index contributed by atoms with van der Waals surface area (Å²) in [6.45, 7) is 2.15. The monoisotopic (exact) mass is 334 g/mol. The first-order chi connectivity index (χ1) is 11.1. The molecule has 1 aliphatic rings. The lowest BCUT2D eigenvalue weighted by Crippen LogP contribution is -2.32. The summed E-state index contributed by atoms with van der Waals surface area (Å²) in [4.78, 5) is 24.4. The number of hydrogen-bond donors (Lipinski definition) is 2. The zero-order valence-corrected chi connectivity index (χ0v) is 13.5. The van der Waals surface area contributed by atoms with Gasteiger partial charge in [0.25, 0.3) is 5.91 Å². The fourth-order valence-electron chi connectivity index (χ4n) is 2.23. The van der Waals surface area contributed by atoms with E-state index in [1.54, 1.807) is 10.7 Å². The van der Waals surface area contributed by atoms with Crippen LogP contribution in [-0.4, -0.2) is 38.6 Å². The summed E-state index contributed by atoms with van der Waals surface area (Å²) in [7, 11) is 0. The van der Waals surface area contributed by atoms with Crippen LogP contribution in [-0.2, 0) is 4.79 Å². The Kier molecular flexibility index (Phi) is 4.65. The summed E-state index contributed by atoms with van der Waals surface area (Å²) < 4.78 is 1.78. The number of rotatable bonds is 7. The highest BCUT2D eigenvalue weighted by Gasteiger charge is 2.29. The fourth-order valence-corrected chi connectivity index (χ4v) is 2.87. The van der Waals surface area contributed by atoms with Gasteiger partial charge in [0.05, 0.1) is 17.0 Å². The van der Waals surface area contributed by atoms with E-state index in [0.717, 1.165) is 12.8 Å². The maximum atomic E-state index is 12.0. The Morgan fingerprint density at radius 3 is 3.00 bits per heavy atom. The molecule has 1 aliphatic carbocycles. The van der Waals surface area contributed by atoms with Gasteiger partial charge in [-0.25, -0.2) is 4.68 Å². The number of aromatic nitrogens is 4. The molecule has 0 radical (unpaired) electrons. The van der Waals surface area contributed by atoms with Gasteiger partial charge in [-0.15, -0.1) is 16.4 Å². The second-order valence-electron chi connectivity index (χ2n) is 5.49. The maximum Gasteiger partial charge on any atom is 0.261 e. The zero-order chi connectivity index (χ0) is 16.2. The molecule has 23 heavy (non-hydrogen) atoms. The molecular weight excluding hydrogens is 316 g/mol. The lowest BCUT2D eigenvalue weighted by molar-refractivity contribution is -0.121. The third-order valence-electron chi connectivity index (χ3n) is 3.56. The van der Waals surface area contributed by atoms with Gasteiger partial charge in [-0.1, -0.05) is 6.07 Å². The minimum atomic E-state index is -0.258. The number of carbonyl (C=O) groups is 2. The van der Waals surface area contributed by atoms with Crippen LogP contribution in [0.15, 0.2) is 17.5 Å². The van der Waals surface area contributed by atoms with Crippen LogP contribution in [0, 0.1) is 0 Å². The number of tetrazole rings is 1. The molecule has 0 aromatic carbocycles. The van der Waals surface area contributed by atoms with Crippen LogP contribution in [0.3, 0.4) is 0 Å². The third-order valence-corrected chi connectivity index (χ3v) is 4.43. The second kappa shape index (κ2) is 6.86. The predicted molar refractivity (Wildman–Crippen MR) is 83.9 cm³/mol. The van der Waals surface area contributed by atoms with Crippen LogP contribution >= 0.6 is 11.3 Å². The van der Waals surface area contributed by atoms with E-state index in [1.807, 2.05) is 18.4 Å². The van der Waals surface area contributed by atoms with Crippen molar-refractivity contribution >= 4 is 23.2 Å². The Labute approximate surface area is 137 Å². The van der Waals surface area contributed by atoms with E-state index in [1.165, 1.54) is 11.3 Å². The molecule has 2 aromatic rings. The molecule has 2 heterocycles. The average molecular weight is 334 g/mol.